The Labute approximate surface area is 79.5 Å². The van der Waals surface area contributed by atoms with Crippen molar-refractivity contribution in [1.82, 2.24) is 0 Å². The molecule has 0 spiro atoms. The number of hydrogen-bond donors (Lipinski definition) is 2. The van der Waals surface area contributed by atoms with E-state index in [1.807, 2.05) is 13.8 Å². The molecule has 2 N–H and O–H groups in total. The molecule has 0 saturated carbocycles. The second-order valence-electron chi connectivity index (χ2n) is 2.61. The molecule has 0 aliphatic heterocycles. The lowest BCUT2D eigenvalue weighted by atomic mass is 10.3. The van der Waals surface area contributed by atoms with Crippen molar-refractivity contribution in [1.29, 1.82) is 0 Å². The fraction of sp³-hybridized carbons (Fsp3) is 0.889. The van der Waals surface area contributed by atoms with E-state index in [9.17, 15) is 4.79 Å². The molecule has 0 aromatic heterocycles. The van der Waals surface area contributed by atoms with Gasteiger partial charge in [-0.15, -0.1) is 0 Å². The minimum absolute atomic E-state index is 0.193. The summed E-state index contributed by atoms with van der Waals surface area (Å²) >= 11 is 0. The van der Waals surface area contributed by atoms with Gasteiger partial charge in [0.05, 0.1) is 6.61 Å². The topological polar surface area (TPSA) is 66.8 Å². The maximum Gasteiger partial charge on any atom is 0.302 e. The molecule has 13 heavy (non-hydrogen) atoms. The highest BCUT2D eigenvalue weighted by Crippen LogP contribution is 1.88. The Bertz CT molecular complexity index is 112. The van der Waals surface area contributed by atoms with Crippen LogP contribution in [0.25, 0.3) is 0 Å². The lowest BCUT2D eigenvalue weighted by Gasteiger charge is -1.94. The van der Waals surface area contributed by atoms with Crippen LogP contribution in [0, 0.1) is 0 Å². The van der Waals surface area contributed by atoms with E-state index in [-0.39, 0.29) is 5.97 Å². The van der Waals surface area contributed by atoms with Crippen LogP contribution in [0.3, 0.4) is 0 Å². The van der Waals surface area contributed by atoms with Gasteiger partial charge in [0.2, 0.25) is 0 Å². The van der Waals surface area contributed by atoms with Gasteiger partial charge in [0.1, 0.15) is 0 Å². The zero-order valence-corrected chi connectivity index (χ0v) is 8.62. The number of aliphatic hydroxyl groups excluding tert-OH is 1. The second kappa shape index (κ2) is 11.4. The predicted molar refractivity (Wildman–Crippen MR) is 50.1 cm³/mol. The Balaban J connectivity index is 0. The van der Waals surface area contributed by atoms with Crippen molar-refractivity contribution in [3.05, 3.63) is 0 Å². The molecule has 0 atom stereocenters. The Morgan fingerprint density at radius 2 is 1.85 bits per heavy atom. The van der Waals surface area contributed by atoms with E-state index in [4.69, 9.17) is 10.2 Å². The molecule has 0 amide bonds. The lowest BCUT2D eigenvalue weighted by Crippen LogP contribution is -2.01. The molecule has 4 nitrogen and oxygen atoms in total. The molecule has 0 saturated heterocycles. The summed E-state index contributed by atoms with van der Waals surface area (Å²) in [6.45, 7) is 5.83. The van der Waals surface area contributed by atoms with Gasteiger partial charge in [0, 0.05) is 6.92 Å². The van der Waals surface area contributed by atoms with Gasteiger partial charge in [-0.05, 0) is 12.8 Å². The predicted octanol–water partition coefficient (Wildman–Crippen LogP) is 1.06. The third-order valence-electron chi connectivity index (χ3n) is 1.06. The maximum atomic E-state index is 9.98. The number of hydrogen-bond acceptors (Lipinski definition) is 4. The van der Waals surface area contributed by atoms with Crippen molar-refractivity contribution in [2.24, 2.45) is 0 Å². The largest absolute Gasteiger partial charge is 0.466 e. The van der Waals surface area contributed by atoms with Crippen LogP contribution in [-0.4, -0.2) is 29.1 Å². The minimum atomic E-state index is -1.10. The molecule has 0 bridgehead atoms. The van der Waals surface area contributed by atoms with Crippen LogP contribution in [0.15, 0.2) is 0 Å². The van der Waals surface area contributed by atoms with E-state index in [1.54, 1.807) is 0 Å². The van der Waals surface area contributed by atoms with Crippen LogP contribution in [0.4, 0.5) is 0 Å². The first-order valence-electron chi connectivity index (χ1n) is 4.54. The van der Waals surface area contributed by atoms with E-state index >= 15 is 0 Å². The van der Waals surface area contributed by atoms with Gasteiger partial charge in [0.15, 0.2) is 6.29 Å². The smallest absolute Gasteiger partial charge is 0.302 e. The molecule has 0 fully saturated rings. The summed E-state index contributed by atoms with van der Waals surface area (Å²) < 4.78 is 4.55. The first kappa shape index (κ1) is 14.9. The summed E-state index contributed by atoms with van der Waals surface area (Å²) in [5.41, 5.74) is 0. The van der Waals surface area contributed by atoms with Gasteiger partial charge in [-0.3, -0.25) is 4.79 Å². The molecule has 0 aromatic carbocycles. The van der Waals surface area contributed by atoms with Crippen molar-refractivity contribution in [2.45, 2.75) is 46.3 Å². The fourth-order valence-corrected chi connectivity index (χ4v) is 0.504. The molecule has 0 rings (SSSR count). The zero-order valence-electron chi connectivity index (χ0n) is 8.62. The van der Waals surface area contributed by atoms with Crippen LogP contribution in [0.5, 0.6) is 0 Å². The van der Waals surface area contributed by atoms with E-state index in [0.717, 1.165) is 12.8 Å². The van der Waals surface area contributed by atoms with Gasteiger partial charge in [-0.25, -0.2) is 0 Å². The number of carbonyl (C=O) groups is 1. The van der Waals surface area contributed by atoms with Gasteiger partial charge in [0.25, 0.3) is 0 Å². The van der Waals surface area contributed by atoms with Gasteiger partial charge < -0.3 is 14.9 Å². The molecule has 4 heteroatoms. The monoisotopic (exact) mass is 192 g/mol. The standard InChI is InChI=1S/C5H10O2.C4H10O2/c1-3-4-7-5(2)6;1-2-3-4(5)6/h3-4H2,1-2H3;4-6H,2-3H2,1H3. The Kier molecular flexibility index (Phi) is 13.0. The molecule has 0 heterocycles. The summed E-state index contributed by atoms with van der Waals surface area (Å²) in [6, 6.07) is 0. The molecular formula is C9H20O4. The second-order valence-corrected chi connectivity index (χ2v) is 2.61. The first-order valence-corrected chi connectivity index (χ1v) is 4.54. The average molecular weight is 192 g/mol. The molecule has 0 aromatic rings. The number of esters is 1. The summed E-state index contributed by atoms with van der Waals surface area (Å²) in [7, 11) is 0. The number of carbonyl (C=O) groups excluding carboxylic acids is 1. The number of rotatable bonds is 4. The Hall–Kier alpha value is -0.610. The maximum absolute atomic E-state index is 9.98. The van der Waals surface area contributed by atoms with E-state index in [2.05, 4.69) is 4.74 Å². The fourth-order valence-electron chi connectivity index (χ4n) is 0.504. The van der Waals surface area contributed by atoms with Crippen LogP contribution in [0.2, 0.25) is 0 Å². The third kappa shape index (κ3) is 24.6. The van der Waals surface area contributed by atoms with E-state index in [1.165, 1.54) is 6.92 Å². The molecule has 0 aliphatic rings. The van der Waals surface area contributed by atoms with Crippen molar-refractivity contribution >= 4 is 5.97 Å². The van der Waals surface area contributed by atoms with E-state index in [0.29, 0.717) is 13.0 Å². The van der Waals surface area contributed by atoms with Crippen LogP contribution in [-0.2, 0) is 9.53 Å². The normalized spacial score (nSPS) is 9.08. The lowest BCUT2D eigenvalue weighted by molar-refractivity contribution is -0.140. The average Bonchev–Trinajstić information content (AvgIpc) is 2.01. The molecule has 0 aliphatic carbocycles. The third-order valence-corrected chi connectivity index (χ3v) is 1.06. The molecule has 0 unspecified atom stereocenters. The Morgan fingerprint density at radius 1 is 1.31 bits per heavy atom. The summed E-state index contributed by atoms with van der Waals surface area (Å²) in [5, 5.41) is 16.2. The highest BCUT2D eigenvalue weighted by atomic mass is 16.5. The highest BCUT2D eigenvalue weighted by molar-refractivity contribution is 5.65. The Morgan fingerprint density at radius 3 is 1.92 bits per heavy atom. The zero-order chi connectivity index (χ0) is 10.7. The van der Waals surface area contributed by atoms with Gasteiger partial charge in [-0.2, -0.15) is 0 Å². The summed E-state index contributed by atoms with van der Waals surface area (Å²) in [5.74, 6) is -0.193. The molecule has 80 valence electrons. The minimum Gasteiger partial charge on any atom is -0.466 e. The highest BCUT2D eigenvalue weighted by Gasteiger charge is 1.89. The van der Waals surface area contributed by atoms with E-state index < -0.39 is 6.29 Å². The quantitative estimate of drug-likeness (QED) is 0.516. The van der Waals surface area contributed by atoms with Gasteiger partial charge >= 0.3 is 5.97 Å². The van der Waals surface area contributed by atoms with Crippen molar-refractivity contribution in [2.75, 3.05) is 6.61 Å². The molecular weight excluding hydrogens is 172 g/mol. The summed E-state index contributed by atoms with van der Waals surface area (Å²) in [6.07, 6.45) is 1.12. The number of aliphatic hydroxyl groups is 2. The number of ether oxygens (including phenoxy) is 1. The van der Waals surface area contributed by atoms with Crippen LogP contribution < -0.4 is 0 Å². The molecule has 0 radical (unpaired) electrons. The van der Waals surface area contributed by atoms with Crippen molar-refractivity contribution < 1.29 is 19.7 Å². The summed E-state index contributed by atoms with van der Waals surface area (Å²) in [4.78, 5) is 9.98. The SMILES string of the molecule is CCCC(O)O.CCCOC(C)=O. The van der Waals surface area contributed by atoms with Crippen molar-refractivity contribution in [3.63, 3.8) is 0 Å². The van der Waals surface area contributed by atoms with Crippen LogP contribution in [0.1, 0.15) is 40.0 Å². The van der Waals surface area contributed by atoms with Crippen molar-refractivity contribution in [3.8, 4) is 0 Å². The first-order chi connectivity index (χ1) is 6.04. The van der Waals surface area contributed by atoms with Gasteiger partial charge in [-0.1, -0.05) is 20.3 Å². The van der Waals surface area contributed by atoms with Crippen LogP contribution >= 0.6 is 0 Å².